The average Bonchev–Trinajstić information content (AvgIpc) is 2.38. The molecular weight excluding hydrogens is 232 g/mol. The highest BCUT2D eigenvalue weighted by molar-refractivity contribution is 5.92. The predicted octanol–water partition coefficient (Wildman–Crippen LogP) is 1.71. The van der Waals surface area contributed by atoms with E-state index in [-0.39, 0.29) is 11.7 Å². The second-order valence-electron chi connectivity index (χ2n) is 4.31. The van der Waals surface area contributed by atoms with E-state index in [4.69, 9.17) is 10.5 Å². The Morgan fingerprint density at radius 3 is 2.83 bits per heavy atom. The zero-order valence-corrected chi connectivity index (χ0v) is 10.8. The van der Waals surface area contributed by atoms with Crippen LogP contribution >= 0.6 is 0 Å². The van der Waals surface area contributed by atoms with Gasteiger partial charge in [-0.3, -0.25) is 4.79 Å². The van der Waals surface area contributed by atoms with Gasteiger partial charge in [-0.2, -0.15) is 0 Å². The van der Waals surface area contributed by atoms with E-state index in [2.05, 4.69) is 5.32 Å². The predicted molar refractivity (Wildman–Crippen MR) is 70.7 cm³/mol. The minimum Gasteiger partial charge on any atom is -0.506 e. The summed E-state index contributed by atoms with van der Waals surface area (Å²) < 4.78 is 4.96. The van der Waals surface area contributed by atoms with Crippen LogP contribution in [-0.2, 0) is 4.79 Å². The summed E-state index contributed by atoms with van der Waals surface area (Å²) in [5.74, 6) is 0.729. The lowest BCUT2D eigenvalue weighted by Gasteiger charge is -2.10. The van der Waals surface area contributed by atoms with Crippen LogP contribution in [0.25, 0.3) is 0 Å². The van der Waals surface area contributed by atoms with Crippen molar-refractivity contribution in [3.8, 4) is 11.5 Å². The fraction of sp³-hybridized carbons (Fsp3) is 0.462. The third-order valence-corrected chi connectivity index (χ3v) is 2.75. The number of phenols is 1. The first-order chi connectivity index (χ1) is 8.56. The Labute approximate surface area is 107 Å². The lowest BCUT2D eigenvalue weighted by Crippen LogP contribution is -2.16. The molecule has 5 heteroatoms. The Balaban J connectivity index is 2.54. The lowest BCUT2D eigenvalue weighted by molar-refractivity contribution is -0.116. The van der Waals surface area contributed by atoms with E-state index in [1.165, 1.54) is 13.2 Å². The highest BCUT2D eigenvalue weighted by Gasteiger charge is 2.09. The molecular formula is C13H20N2O3. The van der Waals surface area contributed by atoms with Crippen LogP contribution in [-0.4, -0.2) is 24.7 Å². The number of hydrogen-bond donors (Lipinski definition) is 3. The van der Waals surface area contributed by atoms with Crippen molar-refractivity contribution in [1.82, 2.24) is 0 Å². The molecule has 1 aromatic rings. The van der Waals surface area contributed by atoms with Crippen molar-refractivity contribution in [2.24, 2.45) is 11.7 Å². The number of ether oxygens (including phenoxy) is 1. The van der Waals surface area contributed by atoms with Gasteiger partial charge in [0.15, 0.2) is 0 Å². The number of anilines is 1. The number of phenolic OH excluding ortho intramolecular Hbond substituents is 1. The third-order valence-electron chi connectivity index (χ3n) is 2.75. The second-order valence-corrected chi connectivity index (χ2v) is 4.31. The van der Waals surface area contributed by atoms with E-state index < -0.39 is 0 Å². The monoisotopic (exact) mass is 252 g/mol. The van der Waals surface area contributed by atoms with Crippen LogP contribution < -0.4 is 15.8 Å². The van der Waals surface area contributed by atoms with E-state index in [0.717, 1.165) is 6.42 Å². The van der Waals surface area contributed by atoms with Crippen LogP contribution in [0.15, 0.2) is 18.2 Å². The maximum atomic E-state index is 11.6. The molecule has 18 heavy (non-hydrogen) atoms. The molecule has 0 aliphatic carbocycles. The summed E-state index contributed by atoms with van der Waals surface area (Å²) in [4.78, 5) is 11.6. The van der Waals surface area contributed by atoms with Crippen molar-refractivity contribution in [3.05, 3.63) is 18.2 Å². The fourth-order valence-electron chi connectivity index (χ4n) is 1.45. The first-order valence-electron chi connectivity index (χ1n) is 5.93. The van der Waals surface area contributed by atoms with Gasteiger partial charge in [0, 0.05) is 12.5 Å². The van der Waals surface area contributed by atoms with Gasteiger partial charge in [-0.15, -0.1) is 0 Å². The van der Waals surface area contributed by atoms with E-state index >= 15 is 0 Å². The van der Waals surface area contributed by atoms with Crippen LogP contribution in [0.4, 0.5) is 5.69 Å². The number of nitrogens with one attached hydrogen (secondary N) is 1. The van der Waals surface area contributed by atoms with Gasteiger partial charge in [0.1, 0.15) is 11.5 Å². The number of aromatic hydroxyl groups is 1. The zero-order chi connectivity index (χ0) is 13.5. The van der Waals surface area contributed by atoms with E-state index in [9.17, 15) is 9.90 Å². The third kappa shape index (κ3) is 4.25. The molecule has 0 heterocycles. The van der Waals surface area contributed by atoms with Gasteiger partial charge >= 0.3 is 0 Å². The quantitative estimate of drug-likeness (QED) is 0.673. The van der Waals surface area contributed by atoms with Gasteiger partial charge in [-0.05, 0) is 31.0 Å². The summed E-state index contributed by atoms with van der Waals surface area (Å²) in [6, 6.07) is 4.74. The van der Waals surface area contributed by atoms with Crippen LogP contribution in [0.1, 0.15) is 19.8 Å². The first-order valence-corrected chi connectivity index (χ1v) is 5.93. The lowest BCUT2D eigenvalue weighted by atomic mass is 10.1. The molecule has 0 bridgehead atoms. The Bertz CT molecular complexity index is 407. The summed E-state index contributed by atoms with van der Waals surface area (Å²) in [5.41, 5.74) is 5.87. The molecule has 0 radical (unpaired) electrons. The molecule has 0 saturated carbocycles. The number of methoxy groups -OCH3 is 1. The van der Waals surface area contributed by atoms with Gasteiger partial charge in [-0.1, -0.05) is 6.92 Å². The maximum Gasteiger partial charge on any atom is 0.224 e. The number of carbonyl (C=O) groups is 1. The summed E-state index contributed by atoms with van der Waals surface area (Å²) in [5, 5.41) is 12.3. The second kappa shape index (κ2) is 6.86. The summed E-state index contributed by atoms with van der Waals surface area (Å²) in [6.45, 7) is 2.57. The molecule has 5 nitrogen and oxygen atoms in total. The van der Waals surface area contributed by atoms with Gasteiger partial charge < -0.3 is 20.9 Å². The van der Waals surface area contributed by atoms with Crippen molar-refractivity contribution in [2.45, 2.75) is 19.8 Å². The fourth-order valence-corrected chi connectivity index (χ4v) is 1.45. The number of nitrogens with two attached hydrogens (primary N) is 1. The minimum atomic E-state index is -0.129. The van der Waals surface area contributed by atoms with Gasteiger partial charge in [0.25, 0.3) is 0 Å². The molecule has 0 fully saturated rings. The Kier molecular flexibility index (Phi) is 5.45. The minimum absolute atomic E-state index is 0.00502. The van der Waals surface area contributed by atoms with E-state index in [0.29, 0.717) is 30.3 Å². The normalized spacial score (nSPS) is 11.9. The summed E-state index contributed by atoms with van der Waals surface area (Å²) in [6.07, 6.45) is 1.13. The molecule has 1 rings (SSSR count). The van der Waals surface area contributed by atoms with Gasteiger partial charge in [0.2, 0.25) is 5.91 Å². The molecule has 1 atom stereocenters. The van der Waals surface area contributed by atoms with Crippen molar-refractivity contribution in [2.75, 3.05) is 19.0 Å². The topological polar surface area (TPSA) is 84.6 Å². The Hall–Kier alpha value is -1.75. The number of amides is 1. The maximum absolute atomic E-state index is 11.6. The molecule has 0 aromatic heterocycles. The van der Waals surface area contributed by atoms with Gasteiger partial charge in [0.05, 0.1) is 12.8 Å². The van der Waals surface area contributed by atoms with Crippen molar-refractivity contribution >= 4 is 11.6 Å². The molecule has 0 aliphatic heterocycles. The summed E-state index contributed by atoms with van der Waals surface area (Å²) in [7, 11) is 1.52. The summed E-state index contributed by atoms with van der Waals surface area (Å²) >= 11 is 0. The molecule has 4 N–H and O–H groups in total. The molecule has 100 valence electrons. The number of rotatable bonds is 6. The van der Waals surface area contributed by atoms with Crippen molar-refractivity contribution in [3.63, 3.8) is 0 Å². The molecule has 1 amide bonds. The first kappa shape index (κ1) is 14.3. The van der Waals surface area contributed by atoms with Gasteiger partial charge in [-0.25, -0.2) is 0 Å². The largest absolute Gasteiger partial charge is 0.506 e. The smallest absolute Gasteiger partial charge is 0.224 e. The van der Waals surface area contributed by atoms with Crippen LogP contribution in [0, 0.1) is 5.92 Å². The number of carbonyl (C=O) groups excluding carboxylic acids is 1. The van der Waals surface area contributed by atoms with Crippen LogP contribution in [0.2, 0.25) is 0 Å². The molecule has 0 spiro atoms. The molecule has 1 aromatic carbocycles. The zero-order valence-electron chi connectivity index (χ0n) is 10.8. The average molecular weight is 252 g/mol. The van der Waals surface area contributed by atoms with Crippen LogP contribution in [0.3, 0.4) is 0 Å². The standard InChI is InChI=1S/C13H20N2O3/c1-9(8-14)3-6-13(17)15-11-5-4-10(18-2)7-12(11)16/h4-5,7,9,16H,3,6,8,14H2,1-2H3,(H,15,17). The van der Waals surface area contributed by atoms with E-state index in [1.807, 2.05) is 6.92 Å². The van der Waals surface area contributed by atoms with Crippen molar-refractivity contribution in [1.29, 1.82) is 0 Å². The Morgan fingerprint density at radius 2 is 2.28 bits per heavy atom. The SMILES string of the molecule is COc1ccc(NC(=O)CCC(C)CN)c(O)c1. The number of benzene rings is 1. The Morgan fingerprint density at radius 1 is 1.56 bits per heavy atom. The highest BCUT2D eigenvalue weighted by atomic mass is 16.5. The van der Waals surface area contributed by atoms with E-state index in [1.54, 1.807) is 12.1 Å². The molecule has 0 aliphatic rings. The highest BCUT2D eigenvalue weighted by Crippen LogP contribution is 2.27. The molecule has 1 unspecified atom stereocenters. The molecule has 0 saturated heterocycles. The number of hydrogen-bond acceptors (Lipinski definition) is 4. The van der Waals surface area contributed by atoms with Crippen molar-refractivity contribution < 1.29 is 14.6 Å². The van der Waals surface area contributed by atoms with Crippen LogP contribution in [0.5, 0.6) is 11.5 Å².